The Kier molecular flexibility index (Phi) is 7.32. The van der Waals surface area contributed by atoms with Crippen molar-refractivity contribution in [3.05, 3.63) is 71.9 Å². The second-order valence-corrected chi connectivity index (χ2v) is 6.72. The quantitative estimate of drug-likeness (QED) is 0.626. The van der Waals surface area contributed by atoms with E-state index in [0.29, 0.717) is 24.7 Å². The lowest BCUT2D eigenvalue weighted by molar-refractivity contribution is 0.448. The fraction of sp³-hybridized carbons (Fsp3) is 0.286. The first-order valence-corrected chi connectivity index (χ1v) is 9.42. The molecule has 3 aromatic rings. The summed E-state index contributed by atoms with van der Waals surface area (Å²) in [6.07, 6.45) is 7.79. The van der Waals surface area contributed by atoms with Gasteiger partial charge in [-0.2, -0.15) is 0 Å². The van der Waals surface area contributed by atoms with Gasteiger partial charge in [-0.1, -0.05) is 12.1 Å². The molecule has 0 amide bonds. The summed E-state index contributed by atoms with van der Waals surface area (Å²) in [5, 5.41) is 3.36. The number of benzene rings is 1. The molecule has 2 aromatic heterocycles. The molecule has 0 bridgehead atoms. The Labute approximate surface area is 175 Å². The highest BCUT2D eigenvalue weighted by Crippen LogP contribution is 2.23. The molecule has 6 nitrogen and oxygen atoms in total. The molecular formula is C21H23ClFN5O. The number of aromatic nitrogens is 3. The maximum absolute atomic E-state index is 13.4. The molecule has 3 heterocycles. The number of rotatable bonds is 7. The molecule has 1 fully saturated rings. The highest BCUT2D eigenvalue weighted by molar-refractivity contribution is 5.85. The Hall–Kier alpha value is -2.77. The Morgan fingerprint density at radius 2 is 1.79 bits per heavy atom. The number of hydrogen-bond donors (Lipinski definition) is 1. The Morgan fingerprint density at radius 3 is 2.55 bits per heavy atom. The maximum Gasteiger partial charge on any atom is 0.225 e. The number of hydrogen-bond acceptors (Lipinski definition) is 6. The van der Waals surface area contributed by atoms with Gasteiger partial charge in [0.05, 0.1) is 0 Å². The molecule has 1 aromatic carbocycles. The third kappa shape index (κ3) is 5.62. The van der Waals surface area contributed by atoms with Crippen LogP contribution in [-0.4, -0.2) is 28.0 Å². The number of nitrogens with zero attached hydrogens (tertiary/aromatic N) is 4. The molecule has 0 saturated carbocycles. The van der Waals surface area contributed by atoms with Crippen molar-refractivity contribution in [1.29, 1.82) is 0 Å². The third-order valence-corrected chi connectivity index (χ3v) is 4.59. The minimum absolute atomic E-state index is 0. The molecule has 1 saturated heterocycles. The van der Waals surface area contributed by atoms with Crippen LogP contribution < -0.4 is 15.0 Å². The second-order valence-electron chi connectivity index (χ2n) is 6.72. The zero-order chi connectivity index (χ0) is 19.2. The molecule has 29 heavy (non-hydrogen) atoms. The first-order valence-electron chi connectivity index (χ1n) is 9.42. The minimum atomic E-state index is -0.342. The molecule has 0 atom stereocenters. The average Bonchev–Trinajstić information content (AvgIpc) is 3.25. The summed E-state index contributed by atoms with van der Waals surface area (Å²) in [5.41, 5.74) is 1.90. The van der Waals surface area contributed by atoms with E-state index in [9.17, 15) is 4.39 Å². The largest absolute Gasteiger partial charge is 0.439 e. The van der Waals surface area contributed by atoms with Gasteiger partial charge < -0.3 is 15.0 Å². The van der Waals surface area contributed by atoms with Gasteiger partial charge in [-0.25, -0.2) is 19.3 Å². The second kappa shape index (κ2) is 10.1. The van der Waals surface area contributed by atoms with Crippen LogP contribution >= 0.6 is 12.4 Å². The van der Waals surface area contributed by atoms with E-state index in [0.717, 1.165) is 30.2 Å². The lowest BCUT2D eigenvalue weighted by Gasteiger charge is -2.15. The number of nitrogens with one attached hydrogen (secondary N) is 1. The lowest BCUT2D eigenvalue weighted by atomic mass is 10.2. The van der Waals surface area contributed by atoms with E-state index in [1.54, 1.807) is 18.3 Å². The minimum Gasteiger partial charge on any atom is -0.439 e. The first-order chi connectivity index (χ1) is 13.8. The van der Waals surface area contributed by atoms with Crippen molar-refractivity contribution in [2.24, 2.45) is 0 Å². The Bertz CT molecular complexity index is 919. The van der Waals surface area contributed by atoms with Gasteiger partial charge in [0.1, 0.15) is 11.6 Å². The van der Waals surface area contributed by atoms with E-state index in [1.807, 2.05) is 24.5 Å². The third-order valence-electron chi connectivity index (χ3n) is 4.59. The summed E-state index contributed by atoms with van der Waals surface area (Å²) in [6.45, 7) is 3.26. The average molecular weight is 416 g/mol. The van der Waals surface area contributed by atoms with E-state index in [1.165, 1.54) is 25.0 Å². The Balaban J connectivity index is 0.00000240. The number of pyridine rings is 1. The molecule has 0 spiro atoms. The van der Waals surface area contributed by atoms with Crippen LogP contribution in [-0.2, 0) is 13.1 Å². The smallest absolute Gasteiger partial charge is 0.225 e. The molecule has 1 N–H and O–H groups in total. The van der Waals surface area contributed by atoms with Gasteiger partial charge in [-0.3, -0.25) is 0 Å². The van der Waals surface area contributed by atoms with Gasteiger partial charge in [-0.15, -0.1) is 12.4 Å². The van der Waals surface area contributed by atoms with Crippen molar-refractivity contribution in [2.45, 2.75) is 25.9 Å². The van der Waals surface area contributed by atoms with E-state index < -0.39 is 0 Å². The van der Waals surface area contributed by atoms with Gasteiger partial charge >= 0.3 is 0 Å². The summed E-state index contributed by atoms with van der Waals surface area (Å²) in [7, 11) is 0. The van der Waals surface area contributed by atoms with Crippen molar-refractivity contribution in [3.63, 3.8) is 0 Å². The topological polar surface area (TPSA) is 63.2 Å². The lowest BCUT2D eigenvalue weighted by Crippen LogP contribution is -2.21. The van der Waals surface area contributed by atoms with Crippen LogP contribution in [0.15, 0.2) is 55.0 Å². The zero-order valence-electron chi connectivity index (χ0n) is 15.9. The molecule has 152 valence electrons. The summed E-state index contributed by atoms with van der Waals surface area (Å²) < 4.78 is 19.1. The van der Waals surface area contributed by atoms with E-state index in [4.69, 9.17) is 4.74 Å². The fourth-order valence-electron chi connectivity index (χ4n) is 3.15. The monoisotopic (exact) mass is 415 g/mol. The van der Waals surface area contributed by atoms with E-state index in [-0.39, 0.29) is 18.2 Å². The van der Waals surface area contributed by atoms with Crippen molar-refractivity contribution in [3.8, 4) is 11.6 Å². The van der Waals surface area contributed by atoms with E-state index >= 15 is 0 Å². The number of ether oxygens (including phenoxy) is 1. The van der Waals surface area contributed by atoms with Crippen molar-refractivity contribution >= 4 is 18.4 Å². The van der Waals surface area contributed by atoms with Crippen LogP contribution in [0.4, 0.5) is 10.3 Å². The first kappa shape index (κ1) is 21.0. The summed E-state index contributed by atoms with van der Waals surface area (Å²) in [4.78, 5) is 15.4. The summed E-state index contributed by atoms with van der Waals surface area (Å²) >= 11 is 0. The Morgan fingerprint density at radius 1 is 1.00 bits per heavy atom. The highest BCUT2D eigenvalue weighted by Gasteiger charge is 2.14. The van der Waals surface area contributed by atoms with Crippen LogP contribution in [0, 0.1) is 5.82 Å². The van der Waals surface area contributed by atoms with Gasteiger partial charge in [-0.05, 0) is 31.0 Å². The van der Waals surface area contributed by atoms with E-state index in [2.05, 4.69) is 25.2 Å². The van der Waals surface area contributed by atoms with Crippen LogP contribution in [0.3, 0.4) is 0 Å². The standard InChI is InChI=1S/C21H22FN5O.ClH/c22-18-6-3-7-19(11-18)28-20-17(5-4-8-24-20)15-23-12-16-13-25-21(26-14-16)27-9-1-2-10-27;/h3-8,11,13-14,23H,1-2,9-10,12,15H2;1H. The molecule has 4 rings (SSSR count). The summed E-state index contributed by atoms with van der Waals surface area (Å²) in [5.74, 6) is 1.34. The molecule has 8 heteroatoms. The normalized spacial score (nSPS) is 13.2. The molecule has 0 unspecified atom stereocenters. The summed E-state index contributed by atoms with van der Waals surface area (Å²) in [6, 6.07) is 9.81. The molecule has 0 radical (unpaired) electrons. The predicted octanol–water partition coefficient (Wildman–Crippen LogP) is 4.11. The molecule has 0 aliphatic carbocycles. The molecular weight excluding hydrogens is 393 g/mol. The van der Waals surface area contributed by atoms with Crippen LogP contribution in [0.25, 0.3) is 0 Å². The van der Waals surface area contributed by atoms with Crippen molar-refractivity contribution < 1.29 is 9.13 Å². The number of halogens is 2. The highest BCUT2D eigenvalue weighted by atomic mass is 35.5. The van der Waals surface area contributed by atoms with Crippen LogP contribution in [0.5, 0.6) is 11.6 Å². The van der Waals surface area contributed by atoms with Gasteiger partial charge in [0.15, 0.2) is 0 Å². The van der Waals surface area contributed by atoms with Crippen LogP contribution in [0.1, 0.15) is 24.0 Å². The maximum atomic E-state index is 13.4. The van der Waals surface area contributed by atoms with Gasteiger partial charge in [0, 0.05) is 62.0 Å². The zero-order valence-corrected chi connectivity index (χ0v) is 16.7. The van der Waals surface area contributed by atoms with Crippen LogP contribution in [0.2, 0.25) is 0 Å². The molecule has 1 aliphatic heterocycles. The SMILES string of the molecule is Cl.Fc1cccc(Oc2ncccc2CNCc2cnc(N3CCCC3)nc2)c1. The fourth-order valence-corrected chi connectivity index (χ4v) is 3.15. The predicted molar refractivity (Wildman–Crippen MR) is 112 cm³/mol. The van der Waals surface area contributed by atoms with Crippen molar-refractivity contribution in [1.82, 2.24) is 20.3 Å². The van der Waals surface area contributed by atoms with Gasteiger partial charge in [0.2, 0.25) is 11.8 Å². The molecule has 1 aliphatic rings. The van der Waals surface area contributed by atoms with Crippen molar-refractivity contribution in [2.75, 3.05) is 18.0 Å². The van der Waals surface area contributed by atoms with Gasteiger partial charge in [0.25, 0.3) is 0 Å². The number of anilines is 1.